The van der Waals surface area contributed by atoms with Crippen molar-refractivity contribution in [3.63, 3.8) is 0 Å². The average molecular weight is 356 g/mol. The van der Waals surface area contributed by atoms with E-state index < -0.39 is 0 Å². The predicted molar refractivity (Wildman–Crippen MR) is 98.8 cm³/mol. The van der Waals surface area contributed by atoms with E-state index in [1.54, 1.807) is 18.2 Å². The van der Waals surface area contributed by atoms with Crippen LogP contribution in [-0.2, 0) is 0 Å². The molecule has 0 saturated carbocycles. The first-order valence-corrected chi connectivity index (χ1v) is 8.40. The van der Waals surface area contributed by atoms with Crippen LogP contribution in [0, 0.1) is 0 Å². The molecule has 0 fully saturated rings. The van der Waals surface area contributed by atoms with Gasteiger partial charge in [0, 0.05) is 35.4 Å². The number of nitrogens with zero attached hydrogens (tertiary/aromatic N) is 1. The number of aromatic nitrogens is 1. The molecule has 2 N–H and O–H groups in total. The molecule has 0 bridgehead atoms. The molecule has 0 atom stereocenters. The maximum Gasteiger partial charge on any atom is 0.273 e. The highest BCUT2D eigenvalue weighted by atomic mass is 35.5. The van der Waals surface area contributed by atoms with Gasteiger partial charge in [-0.25, -0.2) is 0 Å². The highest BCUT2D eigenvalue weighted by Crippen LogP contribution is 2.23. The van der Waals surface area contributed by atoms with Gasteiger partial charge in [0.25, 0.3) is 5.91 Å². The second-order valence-corrected chi connectivity index (χ2v) is 5.93. The van der Waals surface area contributed by atoms with Crippen LogP contribution in [0.2, 0.25) is 5.02 Å². The second-order valence-electron chi connectivity index (χ2n) is 5.49. The van der Waals surface area contributed by atoms with E-state index in [-0.39, 0.29) is 11.6 Å². The van der Waals surface area contributed by atoms with Gasteiger partial charge >= 0.3 is 0 Å². The topological polar surface area (TPSA) is 67.2 Å². The number of amides is 1. The minimum Gasteiger partial charge on any atom is -0.385 e. The molecule has 128 valence electrons. The summed E-state index contributed by atoms with van der Waals surface area (Å²) in [6, 6.07) is 18.8. The zero-order valence-corrected chi connectivity index (χ0v) is 14.3. The quantitative estimate of drug-likeness (QED) is 0.622. The number of rotatable bonds is 7. The fourth-order valence-corrected chi connectivity index (χ4v) is 2.52. The van der Waals surface area contributed by atoms with Crippen LogP contribution in [0.3, 0.4) is 0 Å². The fraction of sp³-hybridized carbons (Fsp3) is 0.158. The Kier molecular flexibility index (Phi) is 5.69. The van der Waals surface area contributed by atoms with E-state index >= 15 is 0 Å². The number of hydrogen-bond donors (Lipinski definition) is 2. The Balaban J connectivity index is 1.46. The summed E-state index contributed by atoms with van der Waals surface area (Å²) in [5.74, 6) is 0.259. The lowest BCUT2D eigenvalue weighted by molar-refractivity contribution is 0.0944. The van der Waals surface area contributed by atoms with Crippen molar-refractivity contribution in [2.75, 3.05) is 18.4 Å². The third-order valence-corrected chi connectivity index (χ3v) is 3.83. The number of nitrogens with one attached hydrogen (secondary N) is 2. The van der Waals surface area contributed by atoms with E-state index in [1.165, 1.54) is 0 Å². The zero-order valence-electron chi connectivity index (χ0n) is 13.5. The molecule has 5 nitrogen and oxygen atoms in total. The molecular weight excluding hydrogens is 338 g/mol. The summed E-state index contributed by atoms with van der Waals surface area (Å²) in [5, 5.41) is 10.6. The molecule has 0 aliphatic heterocycles. The van der Waals surface area contributed by atoms with Gasteiger partial charge in [-0.2, -0.15) is 0 Å². The third-order valence-electron chi connectivity index (χ3n) is 3.59. The lowest BCUT2D eigenvalue weighted by atomic mass is 10.1. The minimum absolute atomic E-state index is 0.253. The first-order chi connectivity index (χ1) is 12.2. The maximum absolute atomic E-state index is 12.1. The van der Waals surface area contributed by atoms with E-state index in [0.29, 0.717) is 17.3 Å². The van der Waals surface area contributed by atoms with Crippen molar-refractivity contribution in [3.05, 3.63) is 71.4 Å². The molecular formula is C19H18ClN3O2. The number of carbonyl (C=O) groups excluding carboxylic acids is 1. The smallest absolute Gasteiger partial charge is 0.273 e. The molecule has 1 amide bonds. The van der Waals surface area contributed by atoms with Gasteiger partial charge < -0.3 is 15.2 Å². The SMILES string of the molecule is O=C(NCCCNc1ccccc1)c1cc(-c2cccc(Cl)c2)on1. The Morgan fingerprint density at radius 1 is 1.04 bits per heavy atom. The lowest BCUT2D eigenvalue weighted by Crippen LogP contribution is -2.26. The van der Waals surface area contributed by atoms with Crippen LogP contribution in [-0.4, -0.2) is 24.2 Å². The van der Waals surface area contributed by atoms with Crippen LogP contribution < -0.4 is 10.6 Å². The Bertz CT molecular complexity index is 833. The summed E-state index contributed by atoms with van der Waals surface area (Å²) < 4.78 is 5.23. The normalized spacial score (nSPS) is 10.4. The number of anilines is 1. The molecule has 0 radical (unpaired) electrons. The van der Waals surface area contributed by atoms with Crippen molar-refractivity contribution in [1.82, 2.24) is 10.5 Å². The first-order valence-electron chi connectivity index (χ1n) is 8.02. The summed E-state index contributed by atoms with van der Waals surface area (Å²) in [5.41, 5.74) is 2.11. The molecule has 25 heavy (non-hydrogen) atoms. The van der Waals surface area contributed by atoms with E-state index in [2.05, 4.69) is 15.8 Å². The molecule has 0 saturated heterocycles. The van der Waals surface area contributed by atoms with Crippen molar-refractivity contribution >= 4 is 23.2 Å². The van der Waals surface area contributed by atoms with Gasteiger partial charge in [-0.3, -0.25) is 4.79 Å². The molecule has 1 heterocycles. The van der Waals surface area contributed by atoms with Gasteiger partial charge in [0.15, 0.2) is 11.5 Å². The summed E-state index contributed by atoms with van der Waals surface area (Å²) in [6.45, 7) is 1.33. The molecule has 2 aromatic carbocycles. The zero-order chi connectivity index (χ0) is 17.5. The molecule has 1 aromatic heterocycles. The minimum atomic E-state index is -0.253. The molecule has 0 unspecified atom stereocenters. The van der Waals surface area contributed by atoms with Crippen molar-refractivity contribution in [2.45, 2.75) is 6.42 Å². The van der Waals surface area contributed by atoms with Crippen LogP contribution in [0.25, 0.3) is 11.3 Å². The van der Waals surface area contributed by atoms with Gasteiger partial charge in [0.05, 0.1) is 0 Å². The summed E-state index contributed by atoms with van der Waals surface area (Å²) in [7, 11) is 0. The van der Waals surface area contributed by atoms with Crippen LogP contribution >= 0.6 is 11.6 Å². The fourth-order valence-electron chi connectivity index (χ4n) is 2.33. The molecule has 0 aliphatic rings. The summed E-state index contributed by atoms with van der Waals surface area (Å²) in [4.78, 5) is 12.1. The number of carbonyl (C=O) groups is 1. The van der Waals surface area contributed by atoms with Crippen LogP contribution in [0.1, 0.15) is 16.9 Å². The molecule has 6 heteroatoms. The third kappa shape index (κ3) is 4.84. The standard InChI is InChI=1S/C19H18ClN3O2/c20-15-7-4-6-14(12-15)18-13-17(23-25-18)19(24)22-11-5-10-21-16-8-2-1-3-9-16/h1-4,6-9,12-13,21H,5,10-11H2,(H,22,24). The van der Waals surface area contributed by atoms with E-state index in [1.807, 2.05) is 42.5 Å². The maximum atomic E-state index is 12.1. The van der Waals surface area contributed by atoms with E-state index in [4.69, 9.17) is 16.1 Å². The van der Waals surface area contributed by atoms with Crippen LogP contribution in [0.5, 0.6) is 0 Å². The number of benzene rings is 2. The van der Waals surface area contributed by atoms with Gasteiger partial charge in [-0.1, -0.05) is 47.1 Å². The Labute approximate surface area is 151 Å². The highest BCUT2D eigenvalue weighted by Gasteiger charge is 2.13. The second kappa shape index (κ2) is 8.35. The van der Waals surface area contributed by atoms with Gasteiger partial charge in [0.1, 0.15) is 0 Å². The van der Waals surface area contributed by atoms with Crippen LogP contribution in [0.15, 0.2) is 65.2 Å². The van der Waals surface area contributed by atoms with Crippen molar-refractivity contribution < 1.29 is 9.32 Å². The lowest BCUT2D eigenvalue weighted by Gasteiger charge is -2.06. The van der Waals surface area contributed by atoms with E-state index in [9.17, 15) is 4.79 Å². The monoisotopic (exact) mass is 355 g/mol. The summed E-state index contributed by atoms with van der Waals surface area (Å²) >= 11 is 5.96. The van der Waals surface area contributed by atoms with Gasteiger partial charge in [0.2, 0.25) is 0 Å². The van der Waals surface area contributed by atoms with Crippen molar-refractivity contribution in [2.24, 2.45) is 0 Å². The Morgan fingerprint density at radius 2 is 1.88 bits per heavy atom. The molecule has 3 aromatic rings. The average Bonchev–Trinajstić information content (AvgIpc) is 3.12. The van der Waals surface area contributed by atoms with Crippen molar-refractivity contribution in [3.8, 4) is 11.3 Å². The van der Waals surface area contributed by atoms with Gasteiger partial charge in [-0.15, -0.1) is 0 Å². The van der Waals surface area contributed by atoms with E-state index in [0.717, 1.165) is 24.2 Å². The van der Waals surface area contributed by atoms with Gasteiger partial charge in [-0.05, 0) is 30.7 Å². The largest absolute Gasteiger partial charge is 0.385 e. The number of halogens is 1. The highest BCUT2D eigenvalue weighted by molar-refractivity contribution is 6.30. The first kappa shape index (κ1) is 17.0. The molecule has 0 spiro atoms. The Hall–Kier alpha value is -2.79. The number of para-hydroxylation sites is 1. The molecule has 0 aliphatic carbocycles. The summed E-state index contributed by atoms with van der Waals surface area (Å²) in [6.07, 6.45) is 0.805. The molecule has 3 rings (SSSR count). The predicted octanol–water partition coefficient (Wildman–Crippen LogP) is 4.23. The number of hydrogen-bond acceptors (Lipinski definition) is 4. The van der Waals surface area contributed by atoms with Crippen LogP contribution in [0.4, 0.5) is 5.69 Å². The van der Waals surface area contributed by atoms with Crippen molar-refractivity contribution in [1.29, 1.82) is 0 Å². The Morgan fingerprint density at radius 3 is 2.68 bits per heavy atom.